The van der Waals surface area contributed by atoms with Gasteiger partial charge in [0.1, 0.15) is 5.76 Å². The lowest BCUT2D eigenvalue weighted by atomic mass is 10.1. The van der Waals surface area contributed by atoms with Crippen molar-refractivity contribution in [2.45, 2.75) is 37.8 Å². The van der Waals surface area contributed by atoms with E-state index in [1.54, 1.807) is 6.26 Å². The Labute approximate surface area is 172 Å². The maximum Gasteiger partial charge on any atom is 0.277 e. The molecule has 1 aromatic carbocycles. The molecule has 0 fully saturated rings. The normalized spacial score (nSPS) is 12.2. The molecule has 0 saturated carbocycles. The van der Waals surface area contributed by atoms with Crippen LogP contribution in [0.25, 0.3) is 11.5 Å². The van der Waals surface area contributed by atoms with Crippen molar-refractivity contribution in [3.8, 4) is 11.5 Å². The first-order valence-corrected chi connectivity index (χ1v) is 10.2. The molecule has 6 nitrogen and oxygen atoms in total. The van der Waals surface area contributed by atoms with Crippen molar-refractivity contribution in [2.75, 3.05) is 0 Å². The van der Waals surface area contributed by atoms with Gasteiger partial charge in [0.05, 0.1) is 18.1 Å². The molecule has 7 heteroatoms. The largest absolute Gasteiger partial charge is 0.467 e. The Hall–Kier alpha value is -3.06. The molecular formula is C22H21N3O3S. The number of hydrogen-bond acceptors (Lipinski definition) is 6. The van der Waals surface area contributed by atoms with Crippen LogP contribution in [-0.4, -0.2) is 25.8 Å². The molecule has 4 aromatic rings. The second kappa shape index (κ2) is 8.13. The number of thioether (sulfide) groups is 1. The predicted octanol–water partition coefficient (Wildman–Crippen LogP) is 5.16. The van der Waals surface area contributed by atoms with Crippen LogP contribution < -0.4 is 0 Å². The topological polar surface area (TPSA) is 74.1 Å². The molecule has 0 unspecified atom stereocenters. The zero-order valence-electron chi connectivity index (χ0n) is 16.5. The van der Waals surface area contributed by atoms with E-state index in [4.69, 9.17) is 8.83 Å². The van der Waals surface area contributed by atoms with Gasteiger partial charge in [-0.2, -0.15) is 0 Å². The number of Topliss-reactive ketones (excluding diaryl/α,β-unsaturated/α-hetero) is 1. The molecule has 0 bridgehead atoms. The Morgan fingerprint density at radius 2 is 1.93 bits per heavy atom. The molecule has 0 amide bonds. The number of carbonyl (C=O) groups excluding carboxylic acids is 1. The van der Waals surface area contributed by atoms with Gasteiger partial charge < -0.3 is 13.4 Å². The minimum atomic E-state index is -0.350. The summed E-state index contributed by atoms with van der Waals surface area (Å²) >= 11 is 1.27. The molecule has 0 saturated heterocycles. The maximum atomic E-state index is 13.1. The molecule has 0 N–H and O–H groups in total. The van der Waals surface area contributed by atoms with Crippen LogP contribution in [0.5, 0.6) is 0 Å². The van der Waals surface area contributed by atoms with E-state index in [9.17, 15) is 4.79 Å². The molecule has 3 aromatic heterocycles. The fraction of sp³-hybridized carbons (Fsp3) is 0.227. The Kier molecular flexibility index (Phi) is 5.40. The van der Waals surface area contributed by atoms with Gasteiger partial charge >= 0.3 is 0 Å². The summed E-state index contributed by atoms with van der Waals surface area (Å²) in [6.07, 6.45) is 1.66. The number of carbonyl (C=O) groups is 1. The summed E-state index contributed by atoms with van der Waals surface area (Å²) in [7, 11) is 0. The van der Waals surface area contributed by atoms with E-state index in [0.717, 1.165) is 22.7 Å². The molecule has 29 heavy (non-hydrogen) atoms. The molecule has 1 atom stereocenters. The minimum absolute atomic E-state index is 0.0354. The van der Waals surface area contributed by atoms with Crippen LogP contribution in [0.2, 0.25) is 0 Å². The van der Waals surface area contributed by atoms with Gasteiger partial charge in [-0.25, -0.2) is 0 Å². The summed E-state index contributed by atoms with van der Waals surface area (Å²) in [5.74, 6) is 1.34. The third-order valence-corrected chi connectivity index (χ3v) is 5.74. The Bertz CT molecular complexity index is 1110. The molecule has 4 rings (SSSR count). The van der Waals surface area contributed by atoms with Crippen molar-refractivity contribution in [1.82, 2.24) is 14.8 Å². The first-order chi connectivity index (χ1) is 14.0. The highest BCUT2D eigenvalue weighted by molar-refractivity contribution is 8.00. The van der Waals surface area contributed by atoms with Crippen molar-refractivity contribution in [1.29, 1.82) is 0 Å². The zero-order chi connectivity index (χ0) is 20.4. The molecular weight excluding hydrogens is 386 g/mol. The minimum Gasteiger partial charge on any atom is -0.467 e. The van der Waals surface area contributed by atoms with Crippen LogP contribution in [0.1, 0.15) is 34.4 Å². The lowest BCUT2D eigenvalue weighted by molar-refractivity contribution is 0.0993. The van der Waals surface area contributed by atoms with Gasteiger partial charge in [-0.3, -0.25) is 4.79 Å². The molecule has 0 aliphatic carbocycles. The number of aryl methyl sites for hydroxylation is 1. The highest BCUT2D eigenvalue weighted by Crippen LogP contribution is 2.29. The number of furan rings is 1. The smallest absolute Gasteiger partial charge is 0.277 e. The number of hydrogen-bond donors (Lipinski definition) is 0. The lowest BCUT2D eigenvalue weighted by Crippen LogP contribution is -2.15. The third-order valence-electron chi connectivity index (χ3n) is 4.81. The fourth-order valence-electron chi connectivity index (χ4n) is 3.23. The Morgan fingerprint density at radius 3 is 2.66 bits per heavy atom. The van der Waals surface area contributed by atoms with Gasteiger partial charge in [-0.1, -0.05) is 30.0 Å². The molecule has 0 aliphatic heterocycles. The number of nitrogens with zero attached hydrogens (tertiary/aromatic N) is 3. The van der Waals surface area contributed by atoms with Crippen LogP contribution >= 0.6 is 11.8 Å². The number of rotatable bonds is 7. The summed E-state index contributed by atoms with van der Waals surface area (Å²) in [4.78, 5) is 13.1. The molecule has 0 radical (unpaired) electrons. The summed E-state index contributed by atoms with van der Waals surface area (Å²) in [5.41, 5.74) is 3.50. The van der Waals surface area contributed by atoms with Gasteiger partial charge in [0.15, 0.2) is 5.78 Å². The van der Waals surface area contributed by atoms with Crippen molar-refractivity contribution >= 4 is 17.5 Å². The van der Waals surface area contributed by atoms with E-state index in [-0.39, 0.29) is 11.0 Å². The van der Waals surface area contributed by atoms with E-state index in [1.807, 2.05) is 69.3 Å². The van der Waals surface area contributed by atoms with Crippen LogP contribution in [0.3, 0.4) is 0 Å². The van der Waals surface area contributed by atoms with Gasteiger partial charge in [-0.05, 0) is 51.1 Å². The van der Waals surface area contributed by atoms with Gasteiger partial charge in [0.2, 0.25) is 5.89 Å². The molecule has 0 aliphatic rings. The summed E-state index contributed by atoms with van der Waals surface area (Å²) in [5, 5.41) is 8.20. The van der Waals surface area contributed by atoms with E-state index in [2.05, 4.69) is 14.8 Å². The number of ketones is 1. The molecule has 3 heterocycles. The van der Waals surface area contributed by atoms with Gasteiger partial charge in [0, 0.05) is 22.5 Å². The Balaban J connectivity index is 1.49. The quantitative estimate of drug-likeness (QED) is 0.311. The monoisotopic (exact) mass is 407 g/mol. The number of benzene rings is 1. The SMILES string of the molecule is Cc1cc(C(=O)[C@H](C)Sc2nnc(-c3ccccc3)o2)c(C)n1Cc1ccco1. The van der Waals surface area contributed by atoms with E-state index < -0.39 is 0 Å². The van der Waals surface area contributed by atoms with Crippen LogP contribution in [0.4, 0.5) is 0 Å². The van der Waals surface area contributed by atoms with Crippen molar-refractivity contribution in [3.05, 3.63) is 77.5 Å². The first kappa shape index (κ1) is 19.3. The van der Waals surface area contributed by atoms with Crippen molar-refractivity contribution in [3.63, 3.8) is 0 Å². The highest BCUT2D eigenvalue weighted by Gasteiger charge is 2.24. The van der Waals surface area contributed by atoms with Crippen molar-refractivity contribution in [2.24, 2.45) is 0 Å². The number of aromatic nitrogens is 3. The third kappa shape index (κ3) is 4.05. The van der Waals surface area contributed by atoms with Gasteiger partial charge in [0.25, 0.3) is 5.22 Å². The second-order valence-electron chi connectivity index (χ2n) is 6.81. The summed E-state index contributed by atoms with van der Waals surface area (Å²) in [6, 6.07) is 15.3. The van der Waals surface area contributed by atoms with Crippen LogP contribution in [0.15, 0.2) is 68.9 Å². The summed E-state index contributed by atoms with van der Waals surface area (Å²) < 4.78 is 13.3. The summed E-state index contributed by atoms with van der Waals surface area (Å²) in [6.45, 7) is 6.41. The fourth-order valence-corrected chi connectivity index (χ4v) is 3.98. The first-order valence-electron chi connectivity index (χ1n) is 9.32. The van der Waals surface area contributed by atoms with Crippen LogP contribution in [-0.2, 0) is 6.54 Å². The van der Waals surface area contributed by atoms with E-state index in [1.165, 1.54) is 11.8 Å². The lowest BCUT2D eigenvalue weighted by Gasteiger charge is -2.10. The average molecular weight is 407 g/mol. The van der Waals surface area contributed by atoms with Gasteiger partial charge in [-0.15, -0.1) is 10.2 Å². The standard InChI is InChI=1S/C22H21N3O3S/c1-14-12-19(15(2)25(14)13-18-10-7-11-27-18)20(26)16(3)29-22-24-23-21(28-22)17-8-5-4-6-9-17/h4-12,16H,13H2,1-3H3/t16-/m0/s1. The van der Waals surface area contributed by atoms with E-state index >= 15 is 0 Å². The predicted molar refractivity (Wildman–Crippen MR) is 111 cm³/mol. The second-order valence-corrected chi connectivity index (χ2v) is 8.11. The van der Waals surface area contributed by atoms with E-state index in [0.29, 0.717) is 23.2 Å². The maximum absolute atomic E-state index is 13.1. The molecule has 148 valence electrons. The highest BCUT2D eigenvalue weighted by atomic mass is 32.2. The van der Waals surface area contributed by atoms with Crippen LogP contribution in [0, 0.1) is 13.8 Å². The van der Waals surface area contributed by atoms with Crippen molar-refractivity contribution < 1.29 is 13.6 Å². The molecule has 0 spiro atoms. The Morgan fingerprint density at radius 1 is 1.14 bits per heavy atom. The zero-order valence-corrected chi connectivity index (χ0v) is 17.3. The average Bonchev–Trinajstić information content (AvgIpc) is 3.46.